The van der Waals surface area contributed by atoms with E-state index in [1.807, 2.05) is 25.3 Å². The molecule has 4 aromatic rings. The van der Waals surface area contributed by atoms with E-state index in [0.717, 1.165) is 44.7 Å². The number of carbonyl (C=O) groups is 5. The van der Waals surface area contributed by atoms with Crippen LogP contribution in [0.4, 0.5) is 0 Å². The maximum atomic E-state index is 14.7. The molecule has 2 fully saturated rings. The first-order chi connectivity index (χ1) is 31.6. The number of aryl methyl sites for hydroxylation is 1. The fraction of sp³-hybridized carbons (Fsp3) is 0.500. The average Bonchev–Trinajstić information content (AvgIpc) is 4.05. The summed E-state index contributed by atoms with van der Waals surface area (Å²) in [5.41, 5.74) is 9.10. The molecule has 3 aromatic heterocycles. The number of fused-ring (bicyclic) bond motifs is 8. The zero-order valence-corrected chi connectivity index (χ0v) is 39.7. The van der Waals surface area contributed by atoms with Gasteiger partial charge in [-0.1, -0.05) is 39.7 Å². The first kappa shape index (κ1) is 46.5. The van der Waals surface area contributed by atoms with E-state index >= 15 is 0 Å². The van der Waals surface area contributed by atoms with Gasteiger partial charge in [-0.2, -0.15) is 0 Å². The van der Waals surface area contributed by atoms with Crippen molar-refractivity contribution in [3.63, 3.8) is 0 Å². The largest absolute Gasteiger partial charge is 0.464 e. The predicted molar refractivity (Wildman–Crippen MR) is 250 cm³/mol. The average molecular weight is 915 g/mol. The number of likely N-dealkylation sites (N-methyl/N-ethyl adjacent to an activating group) is 1. The fourth-order valence-corrected chi connectivity index (χ4v) is 11.3. The number of terminal acetylenes is 1. The molecule has 16 heteroatoms. The molecule has 6 heterocycles. The standard InChI is InChI=1S/C50H58N8O7S/c1-10-15-39(59)56-24-29(11-2)33(25-56)47(61)55(8)43(28(4)5)46(60)53-35-23-38-52-36(26-66-38)30-18-19-37-32(22-30)40-41(45(64-9)42-31(16-13-20-51-42)44(40)57(37)12-3)50(6,7)27-65-49(63)34-17-14-21-58(54-34)48(35)62/h2,13,16,18-20,22,26,28-29,33-35,41,43,45,54H,12,14,17,21,23-25,27H2,1,3-9H3,(H,53,60)/t29-,33+,34-,35?,41?,43-,45-/m0/s1. The normalized spacial score (nSPS) is 24.1. The van der Waals surface area contributed by atoms with E-state index in [0.29, 0.717) is 24.4 Å². The van der Waals surface area contributed by atoms with E-state index in [-0.39, 0.29) is 50.4 Å². The van der Waals surface area contributed by atoms with Crippen LogP contribution in [0.15, 0.2) is 41.9 Å². The van der Waals surface area contributed by atoms with Gasteiger partial charge in [0.05, 0.1) is 40.5 Å². The van der Waals surface area contributed by atoms with Crippen LogP contribution >= 0.6 is 11.3 Å². The van der Waals surface area contributed by atoms with Crippen molar-refractivity contribution in [2.75, 3.05) is 40.4 Å². The van der Waals surface area contributed by atoms with Gasteiger partial charge >= 0.3 is 5.97 Å². The molecule has 15 nitrogen and oxygen atoms in total. The number of hydrogen-bond donors (Lipinski definition) is 2. The molecule has 6 bridgehead atoms. The predicted octanol–water partition coefficient (Wildman–Crippen LogP) is 4.95. The van der Waals surface area contributed by atoms with E-state index in [9.17, 15) is 24.0 Å². The summed E-state index contributed by atoms with van der Waals surface area (Å²) in [6.07, 6.45) is 8.19. The maximum absolute atomic E-state index is 14.7. The Kier molecular flexibility index (Phi) is 13.1. The Hall–Kier alpha value is -6.07. The second kappa shape index (κ2) is 18.7. The third-order valence-electron chi connectivity index (χ3n) is 13.7. The number of methoxy groups -OCH3 is 1. The Balaban J connectivity index is 1.17. The summed E-state index contributed by atoms with van der Waals surface area (Å²) in [6.45, 7) is 12.8. The van der Waals surface area contributed by atoms with Crippen molar-refractivity contribution in [1.29, 1.82) is 0 Å². The van der Waals surface area contributed by atoms with Crippen LogP contribution in [0.3, 0.4) is 0 Å². The summed E-state index contributed by atoms with van der Waals surface area (Å²) in [4.78, 5) is 83.0. The Morgan fingerprint density at radius 1 is 1.18 bits per heavy atom. The first-order valence-electron chi connectivity index (χ1n) is 22.7. The molecule has 1 aliphatic carbocycles. The Labute approximate surface area is 389 Å². The lowest BCUT2D eigenvalue weighted by molar-refractivity contribution is -0.156. The van der Waals surface area contributed by atoms with Crippen molar-refractivity contribution in [1.82, 2.24) is 40.1 Å². The molecule has 2 N–H and O–H groups in total. The number of benzene rings is 1. The number of hydrogen-bond acceptors (Lipinski definition) is 11. The van der Waals surface area contributed by atoms with Crippen LogP contribution in [0.25, 0.3) is 33.4 Å². The van der Waals surface area contributed by atoms with Crippen LogP contribution in [0.1, 0.15) is 82.7 Å². The van der Waals surface area contributed by atoms with Gasteiger partial charge in [-0.3, -0.25) is 34.0 Å². The molecule has 3 aliphatic heterocycles. The van der Waals surface area contributed by atoms with Crippen molar-refractivity contribution in [3.8, 4) is 46.7 Å². The number of cyclic esters (lactones) is 1. The van der Waals surface area contributed by atoms with Crippen molar-refractivity contribution < 1.29 is 33.4 Å². The number of rotatable bonds is 7. The molecule has 4 amide bonds. The summed E-state index contributed by atoms with van der Waals surface area (Å²) in [6, 6.07) is 7.43. The number of ether oxygens (including phenoxy) is 2. The number of hydrazine groups is 1. The highest BCUT2D eigenvalue weighted by molar-refractivity contribution is 7.10. The zero-order valence-electron chi connectivity index (χ0n) is 38.8. The monoisotopic (exact) mass is 914 g/mol. The van der Waals surface area contributed by atoms with Crippen LogP contribution in [0.5, 0.6) is 0 Å². The number of carbonyl (C=O) groups excluding carboxylic acids is 5. The summed E-state index contributed by atoms with van der Waals surface area (Å²) in [7, 11) is 3.25. The molecule has 4 aliphatic rings. The molecule has 7 atom stereocenters. The summed E-state index contributed by atoms with van der Waals surface area (Å²) >= 11 is 1.39. The van der Waals surface area contributed by atoms with E-state index < -0.39 is 65.2 Å². The van der Waals surface area contributed by atoms with E-state index in [1.165, 1.54) is 26.1 Å². The quantitative estimate of drug-likeness (QED) is 0.191. The van der Waals surface area contributed by atoms with Crippen LogP contribution in [0, 0.1) is 47.4 Å². The SMILES string of the molecule is C#C[C@H]1CN(C(=O)C#CC)C[C@H]1C(=O)N(C)[C@H](C(=O)NC1Cc2nc(cs2)-c2ccc3c(c2)c2c(n3CC)-c3cccnc3[C@@H](OC)C2C(C)(C)COC(=O)[C@@H]2CCCN(N2)C1=O)C(C)C. The molecular formula is C50H58N8O7S. The highest BCUT2D eigenvalue weighted by atomic mass is 32.1. The van der Waals surface area contributed by atoms with Crippen molar-refractivity contribution >= 4 is 51.8 Å². The number of nitrogens with zero attached hydrogens (tertiary/aromatic N) is 6. The Bertz CT molecular complexity index is 2690. The molecular weight excluding hydrogens is 857 g/mol. The molecule has 1 aromatic carbocycles. The highest BCUT2D eigenvalue weighted by Gasteiger charge is 2.48. The molecule has 346 valence electrons. The number of esters is 1. The van der Waals surface area contributed by atoms with Crippen LogP contribution in [-0.4, -0.2) is 117 Å². The first-order valence-corrected chi connectivity index (χ1v) is 23.6. The van der Waals surface area contributed by atoms with E-state index in [2.05, 4.69) is 78.1 Å². The number of aromatic nitrogens is 3. The molecule has 8 rings (SSSR count). The third-order valence-corrected chi connectivity index (χ3v) is 14.6. The molecule has 0 saturated carbocycles. The lowest BCUT2D eigenvalue weighted by Gasteiger charge is -2.42. The summed E-state index contributed by atoms with van der Waals surface area (Å²) in [5, 5.41) is 8.00. The second-order valence-corrected chi connectivity index (χ2v) is 19.7. The number of nitrogens with one attached hydrogen (secondary N) is 2. The van der Waals surface area contributed by atoms with Gasteiger partial charge in [0.1, 0.15) is 24.2 Å². The maximum Gasteiger partial charge on any atom is 0.324 e. The van der Waals surface area contributed by atoms with Crippen molar-refractivity contribution in [2.45, 2.75) is 97.5 Å². The summed E-state index contributed by atoms with van der Waals surface area (Å²) < 4.78 is 14.9. The zero-order chi connectivity index (χ0) is 47.2. The Morgan fingerprint density at radius 3 is 2.68 bits per heavy atom. The highest BCUT2D eigenvalue weighted by Crippen LogP contribution is 2.57. The van der Waals surface area contributed by atoms with Gasteiger partial charge in [0, 0.05) is 91.7 Å². The lowest BCUT2D eigenvalue weighted by atomic mass is 9.67. The van der Waals surface area contributed by atoms with Gasteiger partial charge in [-0.25, -0.2) is 10.4 Å². The lowest BCUT2D eigenvalue weighted by Crippen LogP contribution is -2.62. The molecule has 0 radical (unpaired) electrons. The van der Waals surface area contributed by atoms with E-state index in [4.69, 9.17) is 25.9 Å². The minimum atomic E-state index is -1.12. The molecule has 2 saturated heterocycles. The van der Waals surface area contributed by atoms with Crippen LogP contribution < -0.4 is 10.7 Å². The molecule has 0 spiro atoms. The minimum Gasteiger partial charge on any atom is -0.464 e. The number of likely N-dealkylation sites (tertiary alicyclic amines) is 1. The fourth-order valence-electron chi connectivity index (χ4n) is 10.5. The topological polar surface area (TPSA) is 168 Å². The van der Waals surface area contributed by atoms with Gasteiger partial charge in [-0.05, 0) is 68.4 Å². The van der Waals surface area contributed by atoms with Crippen LogP contribution in [-0.2, 0) is 46.4 Å². The third kappa shape index (κ3) is 8.35. The van der Waals surface area contributed by atoms with Crippen LogP contribution in [0.2, 0.25) is 0 Å². The smallest absolute Gasteiger partial charge is 0.324 e. The summed E-state index contributed by atoms with van der Waals surface area (Å²) in [5.74, 6) is 3.55. The van der Waals surface area contributed by atoms with Gasteiger partial charge in [0.15, 0.2) is 0 Å². The number of pyridine rings is 1. The van der Waals surface area contributed by atoms with Crippen molar-refractivity contribution in [3.05, 3.63) is 58.2 Å². The number of amides is 4. The van der Waals surface area contributed by atoms with Gasteiger partial charge in [0.25, 0.3) is 11.8 Å². The van der Waals surface area contributed by atoms with Gasteiger partial charge in [-0.15, -0.1) is 23.7 Å². The molecule has 66 heavy (non-hydrogen) atoms. The second-order valence-electron chi connectivity index (χ2n) is 18.7. The molecule has 2 unspecified atom stereocenters. The van der Waals surface area contributed by atoms with Gasteiger partial charge in [0.2, 0.25) is 11.8 Å². The van der Waals surface area contributed by atoms with Crippen molar-refractivity contribution in [2.24, 2.45) is 23.2 Å². The number of thiazole rings is 1. The van der Waals surface area contributed by atoms with Gasteiger partial charge < -0.3 is 29.2 Å². The minimum absolute atomic E-state index is 0.0434. The Morgan fingerprint density at radius 2 is 1.97 bits per heavy atom. The van der Waals surface area contributed by atoms with E-state index in [1.54, 1.807) is 27.3 Å².